The van der Waals surface area contributed by atoms with E-state index in [0.29, 0.717) is 30.2 Å². The van der Waals surface area contributed by atoms with E-state index in [2.05, 4.69) is 0 Å². The van der Waals surface area contributed by atoms with Crippen molar-refractivity contribution in [3.63, 3.8) is 0 Å². The topological polar surface area (TPSA) is 20.3 Å². The normalized spacial score (nSPS) is 15.0. The predicted octanol–water partition coefficient (Wildman–Crippen LogP) is 3.52. The van der Waals surface area contributed by atoms with Crippen LogP contribution in [0.3, 0.4) is 0 Å². The smallest absolute Gasteiger partial charge is 0.263 e. The average molecular weight is 301 g/mol. The lowest BCUT2D eigenvalue weighted by molar-refractivity contribution is 0.466. The fourth-order valence-electron chi connectivity index (χ4n) is 1.34. The van der Waals surface area contributed by atoms with Crippen LogP contribution in [-0.2, 0) is 4.57 Å². The molecular formula is C10H13Cl3NOP. The van der Waals surface area contributed by atoms with E-state index in [4.69, 9.17) is 34.4 Å². The number of rotatable bonds is 6. The summed E-state index contributed by atoms with van der Waals surface area (Å²) in [7, 11) is 0. The zero-order chi connectivity index (χ0) is 12.0. The summed E-state index contributed by atoms with van der Waals surface area (Å²) in [6, 6.07) is 8.98. The molecule has 90 valence electrons. The summed E-state index contributed by atoms with van der Waals surface area (Å²) in [6.45, 7) is -2.13. The Morgan fingerprint density at radius 1 is 1.06 bits per heavy atom. The van der Waals surface area contributed by atoms with Gasteiger partial charge in [-0.05, 0) is 23.4 Å². The molecule has 0 aliphatic carbocycles. The van der Waals surface area contributed by atoms with Crippen molar-refractivity contribution in [2.24, 2.45) is 0 Å². The Balaban J connectivity index is 2.93. The molecule has 0 spiro atoms. The maximum absolute atomic E-state index is 12.5. The first-order chi connectivity index (χ1) is 7.62. The molecule has 1 aromatic rings. The van der Waals surface area contributed by atoms with Crippen LogP contribution >= 0.6 is 41.1 Å². The second-order valence-corrected chi connectivity index (χ2v) is 7.39. The molecule has 0 saturated heterocycles. The fourth-order valence-corrected chi connectivity index (χ4v) is 4.36. The Kier molecular flexibility index (Phi) is 6.17. The molecule has 0 aromatic heterocycles. The molecule has 1 rings (SSSR count). The van der Waals surface area contributed by atoms with Crippen molar-refractivity contribution in [3.05, 3.63) is 30.3 Å². The van der Waals surface area contributed by atoms with Crippen LogP contribution in [0, 0.1) is 0 Å². The van der Waals surface area contributed by atoms with Crippen LogP contribution in [0.15, 0.2) is 30.3 Å². The van der Waals surface area contributed by atoms with Gasteiger partial charge in [-0.25, -0.2) is 4.67 Å². The van der Waals surface area contributed by atoms with Crippen LogP contribution in [0.4, 0.5) is 0 Å². The Morgan fingerprint density at radius 3 is 2.00 bits per heavy atom. The molecule has 6 heteroatoms. The van der Waals surface area contributed by atoms with E-state index in [1.54, 1.807) is 16.8 Å². The van der Waals surface area contributed by atoms with Crippen LogP contribution in [-0.4, -0.2) is 29.5 Å². The summed E-state index contributed by atoms with van der Waals surface area (Å²) in [5.74, 6) is 0.751. The molecule has 0 aliphatic rings. The third-order valence-corrected chi connectivity index (χ3v) is 5.75. The van der Waals surface area contributed by atoms with E-state index in [-0.39, 0.29) is 0 Å². The number of benzene rings is 1. The van der Waals surface area contributed by atoms with Crippen LogP contribution in [0.1, 0.15) is 0 Å². The largest absolute Gasteiger partial charge is 0.284 e. The summed E-state index contributed by atoms with van der Waals surface area (Å²) >= 11 is 17.5. The first-order valence-electron chi connectivity index (χ1n) is 4.85. The van der Waals surface area contributed by atoms with Gasteiger partial charge in [-0.15, -0.1) is 23.2 Å². The molecule has 0 fully saturated rings. The first-order valence-corrected chi connectivity index (χ1v) is 8.49. The number of nitrogens with zero attached hydrogens (tertiary/aromatic N) is 1. The fraction of sp³-hybridized carbons (Fsp3) is 0.400. The molecule has 0 radical (unpaired) electrons. The third-order valence-electron chi connectivity index (χ3n) is 2.12. The summed E-state index contributed by atoms with van der Waals surface area (Å²) in [4.78, 5) is 0. The van der Waals surface area contributed by atoms with Crippen molar-refractivity contribution in [1.29, 1.82) is 0 Å². The lowest BCUT2D eigenvalue weighted by atomic mass is 10.4. The molecule has 2 nitrogen and oxygen atoms in total. The number of hydrogen-bond donors (Lipinski definition) is 0. The van der Waals surface area contributed by atoms with Gasteiger partial charge in [0.15, 0.2) is 0 Å². The van der Waals surface area contributed by atoms with Crippen molar-refractivity contribution in [2.75, 3.05) is 24.8 Å². The molecule has 16 heavy (non-hydrogen) atoms. The predicted molar refractivity (Wildman–Crippen MR) is 72.5 cm³/mol. The molecule has 0 unspecified atom stereocenters. The maximum Gasteiger partial charge on any atom is 0.263 e. The molecule has 0 aliphatic heterocycles. The third kappa shape index (κ3) is 3.65. The molecule has 0 N–H and O–H groups in total. The Hall–Kier alpha value is 0.280. The van der Waals surface area contributed by atoms with Crippen LogP contribution in [0.25, 0.3) is 0 Å². The highest BCUT2D eigenvalue weighted by atomic mass is 35.7. The summed E-state index contributed by atoms with van der Waals surface area (Å²) in [6.07, 6.45) is 0. The summed E-state index contributed by atoms with van der Waals surface area (Å²) in [5, 5.41) is 0.618. The SMILES string of the molecule is O=[P@](Cl)(c1ccccc1)N(CCCl)CCCl. The van der Waals surface area contributed by atoms with Gasteiger partial charge in [-0.3, -0.25) is 4.57 Å². The highest BCUT2D eigenvalue weighted by molar-refractivity contribution is 7.93. The molecule has 0 bridgehead atoms. The Bertz CT molecular complexity index is 354. The van der Waals surface area contributed by atoms with Gasteiger partial charge >= 0.3 is 0 Å². The molecule has 0 amide bonds. The van der Waals surface area contributed by atoms with Crippen LogP contribution < -0.4 is 5.30 Å². The average Bonchev–Trinajstić information content (AvgIpc) is 2.30. The van der Waals surface area contributed by atoms with E-state index in [9.17, 15) is 4.57 Å². The zero-order valence-corrected chi connectivity index (χ0v) is 11.8. The van der Waals surface area contributed by atoms with Gasteiger partial charge in [0.1, 0.15) is 0 Å². The van der Waals surface area contributed by atoms with E-state index >= 15 is 0 Å². The number of halogens is 3. The monoisotopic (exact) mass is 299 g/mol. The van der Waals surface area contributed by atoms with E-state index in [1.165, 1.54) is 0 Å². The molecule has 0 saturated carbocycles. The van der Waals surface area contributed by atoms with Gasteiger partial charge in [0.2, 0.25) is 0 Å². The summed E-state index contributed by atoms with van der Waals surface area (Å²) < 4.78 is 14.1. The van der Waals surface area contributed by atoms with Gasteiger partial charge in [-0.1, -0.05) is 18.2 Å². The highest BCUT2D eigenvalue weighted by Gasteiger charge is 2.29. The number of alkyl halides is 2. The molecule has 1 atom stereocenters. The van der Waals surface area contributed by atoms with Crippen LogP contribution in [0.5, 0.6) is 0 Å². The van der Waals surface area contributed by atoms with Gasteiger partial charge in [0, 0.05) is 30.2 Å². The quantitative estimate of drug-likeness (QED) is 0.592. The standard InChI is InChI=1S/C10H13Cl3NOP/c11-6-8-14(9-7-12)16(13,15)10-4-2-1-3-5-10/h1-5H,6-9H2/t16-/m0/s1. The Labute approximate surface area is 111 Å². The van der Waals surface area contributed by atoms with Gasteiger partial charge in [-0.2, -0.15) is 0 Å². The minimum absolute atomic E-state index is 0.375. The zero-order valence-electron chi connectivity index (χ0n) is 8.65. The first kappa shape index (κ1) is 14.3. The van der Waals surface area contributed by atoms with Gasteiger partial charge in [0.25, 0.3) is 6.65 Å². The molecular weight excluding hydrogens is 287 g/mol. The van der Waals surface area contributed by atoms with E-state index in [0.717, 1.165) is 0 Å². The summed E-state index contributed by atoms with van der Waals surface area (Å²) in [5.41, 5.74) is 0. The second kappa shape index (κ2) is 6.88. The van der Waals surface area contributed by atoms with Gasteiger partial charge in [0.05, 0.1) is 0 Å². The minimum atomic E-state index is -3.05. The lowest BCUT2D eigenvalue weighted by Crippen LogP contribution is -2.27. The maximum atomic E-state index is 12.5. The highest BCUT2D eigenvalue weighted by Crippen LogP contribution is 2.53. The number of hydrogen-bond acceptors (Lipinski definition) is 1. The van der Waals surface area contributed by atoms with E-state index in [1.807, 2.05) is 18.2 Å². The van der Waals surface area contributed by atoms with Gasteiger partial charge < -0.3 is 0 Å². The lowest BCUT2D eigenvalue weighted by Gasteiger charge is -2.25. The second-order valence-electron chi connectivity index (χ2n) is 3.17. The van der Waals surface area contributed by atoms with Crippen LogP contribution in [0.2, 0.25) is 0 Å². The van der Waals surface area contributed by atoms with Crippen molar-refractivity contribution in [3.8, 4) is 0 Å². The van der Waals surface area contributed by atoms with Crippen molar-refractivity contribution >= 4 is 46.4 Å². The van der Waals surface area contributed by atoms with E-state index < -0.39 is 6.65 Å². The minimum Gasteiger partial charge on any atom is -0.284 e. The molecule has 1 aromatic carbocycles. The molecule has 0 heterocycles. The van der Waals surface area contributed by atoms with Crippen molar-refractivity contribution in [1.82, 2.24) is 4.67 Å². The Morgan fingerprint density at radius 2 is 1.56 bits per heavy atom. The van der Waals surface area contributed by atoms with Crippen molar-refractivity contribution in [2.45, 2.75) is 0 Å². The van der Waals surface area contributed by atoms with Crippen molar-refractivity contribution < 1.29 is 4.57 Å².